The van der Waals surface area contributed by atoms with Crippen molar-refractivity contribution in [3.05, 3.63) is 106 Å². The Balaban J connectivity index is 1.36. The summed E-state index contributed by atoms with van der Waals surface area (Å²) in [6.07, 6.45) is -4.12. The van der Waals surface area contributed by atoms with E-state index in [1.54, 1.807) is 31.3 Å². The molecule has 0 aliphatic heterocycles. The molecule has 2 aromatic carbocycles. The molecule has 4 N–H and O–H groups in total. The van der Waals surface area contributed by atoms with Crippen molar-refractivity contribution in [3.63, 3.8) is 0 Å². The highest BCUT2D eigenvalue weighted by Crippen LogP contribution is 2.46. The van der Waals surface area contributed by atoms with Gasteiger partial charge in [0.1, 0.15) is 52.7 Å². The summed E-state index contributed by atoms with van der Waals surface area (Å²) in [4.78, 5) is 18.9. The third-order valence-corrected chi connectivity index (χ3v) is 10.2. The number of halogens is 7. The lowest BCUT2D eigenvalue weighted by molar-refractivity contribution is -0.142. The first-order valence-electron chi connectivity index (χ1n) is 17.5. The largest absolute Gasteiger partial charge is 0.588 e. The second kappa shape index (κ2) is 15.1. The molecule has 2 unspecified atom stereocenters. The van der Waals surface area contributed by atoms with E-state index in [4.69, 9.17) is 4.98 Å². The number of para-hydroxylation sites is 1. The molecule has 0 saturated carbocycles. The standard InChI is InChI=1S/C38H32F7N9O3S/c1-36(2,56)11-9-23-7-8-25(26-5-4-6-27-32(26)53(3)51-35(27)52-58(57)24-17-46-47-18-24)31(48-23)29(15-20-13-21(39)16-22(40)14-20)49-30(55)19-54-34-28(10-12-37(34,41)42)33(50-54)38(43,44)45/h4-8,13-14,16-18,29,56H,10,12,15,19H2,1-3H3,(H,46,47)(H,49,55)(H,51,52). The van der Waals surface area contributed by atoms with E-state index >= 15 is 0 Å². The number of carbonyl (C=O) groups excluding carboxylic acids is 1. The Bertz CT molecular complexity index is 2570. The molecular weight excluding hydrogens is 796 g/mol. The van der Waals surface area contributed by atoms with Gasteiger partial charge in [0.2, 0.25) is 10.8 Å². The van der Waals surface area contributed by atoms with Crippen LogP contribution in [0.3, 0.4) is 0 Å². The number of benzene rings is 2. The molecule has 1 aliphatic carbocycles. The summed E-state index contributed by atoms with van der Waals surface area (Å²) in [6, 6.07) is 9.51. The van der Waals surface area contributed by atoms with Gasteiger partial charge < -0.3 is 15.0 Å². The number of hydrogen-bond acceptors (Lipinski definition) is 8. The van der Waals surface area contributed by atoms with Crippen molar-refractivity contribution in [3.8, 4) is 23.0 Å². The monoisotopic (exact) mass is 827 g/mol. The number of nitrogens with one attached hydrogen (secondary N) is 3. The summed E-state index contributed by atoms with van der Waals surface area (Å²) in [5.74, 6) is -1.04. The number of aryl methyl sites for hydroxylation is 1. The molecule has 0 spiro atoms. The number of rotatable bonds is 10. The fourth-order valence-electron chi connectivity index (χ4n) is 6.82. The maximum atomic E-state index is 15.0. The van der Waals surface area contributed by atoms with Crippen molar-refractivity contribution in [2.45, 2.75) is 68.3 Å². The maximum Gasteiger partial charge on any atom is 0.435 e. The van der Waals surface area contributed by atoms with E-state index in [1.807, 2.05) is 0 Å². The van der Waals surface area contributed by atoms with E-state index in [0.29, 0.717) is 37.7 Å². The number of aromatic amines is 1. The van der Waals surface area contributed by atoms with Crippen LogP contribution in [-0.4, -0.2) is 55.9 Å². The fourth-order valence-corrected chi connectivity index (χ4v) is 7.57. The number of aliphatic hydroxyl groups is 1. The van der Waals surface area contributed by atoms with Crippen molar-refractivity contribution in [2.24, 2.45) is 7.05 Å². The smallest absolute Gasteiger partial charge is 0.435 e. The molecule has 4 heterocycles. The highest BCUT2D eigenvalue weighted by Gasteiger charge is 2.50. The number of anilines is 1. The lowest BCUT2D eigenvalue weighted by Crippen LogP contribution is -2.35. The Hall–Kier alpha value is -5.91. The molecule has 1 aliphatic rings. The lowest BCUT2D eigenvalue weighted by atomic mass is 9.93. The first-order chi connectivity index (χ1) is 27.3. The summed E-state index contributed by atoms with van der Waals surface area (Å²) < 4.78 is 118. The second-order valence-corrected chi connectivity index (χ2v) is 15.3. The van der Waals surface area contributed by atoms with Gasteiger partial charge in [-0.25, -0.2) is 13.8 Å². The van der Waals surface area contributed by atoms with Crippen LogP contribution in [0.2, 0.25) is 0 Å². The molecule has 0 bridgehead atoms. The topological polar surface area (TPSA) is 162 Å². The molecule has 0 fully saturated rings. The average molecular weight is 828 g/mol. The third-order valence-electron chi connectivity index (χ3n) is 9.13. The molecule has 1 amide bonds. The van der Waals surface area contributed by atoms with Crippen LogP contribution in [-0.2, 0) is 54.7 Å². The van der Waals surface area contributed by atoms with E-state index in [2.05, 4.69) is 42.3 Å². The summed E-state index contributed by atoms with van der Waals surface area (Å²) in [5, 5.41) is 27.8. The molecule has 6 aromatic rings. The third kappa shape index (κ3) is 8.37. The predicted molar refractivity (Wildman–Crippen MR) is 196 cm³/mol. The zero-order valence-electron chi connectivity index (χ0n) is 30.7. The number of amides is 1. The van der Waals surface area contributed by atoms with Crippen LogP contribution in [0.15, 0.2) is 65.8 Å². The Morgan fingerprint density at radius 3 is 2.52 bits per heavy atom. The highest BCUT2D eigenvalue weighted by atomic mass is 32.2. The quantitative estimate of drug-likeness (QED) is 0.0717. The van der Waals surface area contributed by atoms with Crippen molar-refractivity contribution in [2.75, 3.05) is 4.72 Å². The van der Waals surface area contributed by atoms with Crippen molar-refractivity contribution in [1.82, 2.24) is 40.1 Å². The average Bonchev–Trinajstić information content (AvgIpc) is 3.92. The number of aromatic nitrogens is 7. The van der Waals surface area contributed by atoms with E-state index in [9.17, 15) is 45.2 Å². The molecule has 2 atom stereocenters. The van der Waals surface area contributed by atoms with Crippen LogP contribution in [0.4, 0.5) is 36.6 Å². The highest BCUT2D eigenvalue weighted by molar-refractivity contribution is 7.92. The Labute approximate surface area is 328 Å². The number of fused-ring (bicyclic) bond motifs is 2. The van der Waals surface area contributed by atoms with Gasteiger partial charge in [0.05, 0.1) is 23.4 Å². The van der Waals surface area contributed by atoms with Crippen molar-refractivity contribution >= 4 is 34.0 Å². The van der Waals surface area contributed by atoms with E-state index in [1.165, 1.54) is 37.0 Å². The van der Waals surface area contributed by atoms with Crippen LogP contribution in [0.1, 0.15) is 60.2 Å². The van der Waals surface area contributed by atoms with Gasteiger partial charge in [-0.1, -0.05) is 18.1 Å². The minimum Gasteiger partial charge on any atom is -0.588 e. The van der Waals surface area contributed by atoms with Gasteiger partial charge >= 0.3 is 6.18 Å². The SMILES string of the molecule is Cn1nc(N[S+]([O-])c2cn[nH]c2)c2cccc(-c3ccc(C#CC(C)(C)O)nc3C(Cc3cc(F)cc(F)c3)NC(=O)Cn3nc(C(F)(F)F)c4c3C(F)(F)CC4)c21. The Morgan fingerprint density at radius 2 is 1.84 bits per heavy atom. The van der Waals surface area contributed by atoms with Gasteiger partial charge in [-0.3, -0.25) is 19.3 Å². The zero-order chi connectivity index (χ0) is 41.7. The molecule has 20 heteroatoms. The van der Waals surface area contributed by atoms with Gasteiger partial charge in [-0.15, -0.1) is 0 Å². The first-order valence-corrected chi connectivity index (χ1v) is 18.6. The maximum absolute atomic E-state index is 15.0. The number of pyridine rings is 1. The minimum atomic E-state index is -5.07. The molecule has 0 radical (unpaired) electrons. The van der Waals surface area contributed by atoms with Crippen LogP contribution in [0, 0.1) is 23.5 Å². The zero-order valence-corrected chi connectivity index (χ0v) is 31.5. The summed E-state index contributed by atoms with van der Waals surface area (Å²) in [6.45, 7) is 1.80. The number of nitrogens with zero attached hydrogens (tertiary/aromatic N) is 6. The molecule has 4 aromatic heterocycles. The Kier molecular flexibility index (Phi) is 10.5. The van der Waals surface area contributed by atoms with Gasteiger partial charge in [0.25, 0.3) is 5.92 Å². The minimum absolute atomic E-state index is 0.0290. The summed E-state index contributed by atoms with van der Waals surface area (Å²) >= 11 is -1.77. The number of H-pyrrole nitrogens is 1. The molecular formula is C38H32F7N9O3S. The number of alkyl halides is 5. The van der Waals surface area contributed by atoms with Crippen LogP contribution >= 0.6 is 0 Å². The summed E-state index contributed by atoms with van der Waals surface area (Å²) in [5.41, 5.74) is -3.32. The van der Waals surface area contributed by atoms with Crippen LogP contribution in [0.25, 0.3) is 22.0 Å². The van der Waals surface area contributed by atoms with Crippen LogP contribution in [0.5, 0.6) is 0 Å². The van der Waals surface area contributed by atoms with Crippen LogP contribution < -0.4 is 10.0 Å². The number of carbonyl (C=O) groups is 1. The molecule has 58 heavy (non-hydrogen) atoms. The van der Waals surface area contributed by atoms with Gasteiger partial charge in [-0.2, -0.15) is 42.0 Å². The van der Waals surface area contributed by atoms with Gasteiger partial charge in [0, 0.05) is 41.6 Å². The molecule has 0 saturated heterocycles. The first kappa shape index (κ1) is 40.3. The lowest BCUT2D eigenvalue weighted by Gasteiger charge is -2.23. The Morgan fingerprint density at radius 1 is 1.10 bits per heavy atom. The molecule has 7 rings (SSSR count). The predicted octanol–water partition coefficient (Wildman–Crippen LogP) is 6.25. The van der Waals surface area contributed by atoms with Gasteiger partial charge in [0.15, 0.2) is 11.5 Å². The summed E-state index contributed by atoms with van der Waals surface area (Å²) in [7, 11) is 1.62. The molecule has 12 nitrogen and oxygen atoms in total. The van der Waals surface area contributed by atoms with Crippen molar-refractivity contribution in [1.29, 1.82) is 0 Å². The molecule has 302 valence electrons. The van der Waals surface area contributed by atoms with E-state index in [0.717, 1.165) is 12.1 Å². The fraction of sp³-hybridized carbons (Fsp3) is 0.289. The van der Waals surface area contributed by atoms with Gasteiger partial charge in [-0.05, 0) is 68.5 Å². The number of hydrogen-bond donors (Lipinski definition) is 4. The van der Waals surface area contributed by atoms with Crippen molar-refractivity contribution < 1.29 is 45.2 Å². The van der Waals surface area contributed by atoms with E-state index in [-0.39, 0.29) is 29.2 Å². The van der Waals surface area contributed by atoms with E-state index < -0.39 is 89.0 Å². The second-order valence-electron chi connectivity index (χ2n) is 14.1. The normalized spacial score (nSPS) is 14.8.